The van der Waals surface area contributed by atoms with E-state index in [0.29, 0.717) is 16.1 Å². The lowest BCUT2D eigenvalue weighted by atomic mass is 10.1. The highest BCUT2D eigenvalue weighted by atomic mass is 35.5. The molecule has 0 aromatic heterocycles. The van der Waals surface area contributed by atoms with Gasteiger partial charge in [-0.2, -0.15) is 0 Å². The van der Waals surface area contributed by atoms with E-state index in [0.717, 1.165) is 26.2 Å². The smallest absolute Gasteiger partial charge is 0.0595 e. The van der Waals surface area contributed by atoms with Crippen molar-refractivity contribution in [2.24, 2.45) is 0 Å². The third kappa shape index (κ3) is 4.83. The van der Waals surface area contributed by atoms with Gasteiger partial charge in [0.25, 0.3) is 0 Å². The summed E-state index contributed by atoms with van der Waals surface area (Å²) >= 11 is 12.2. The molecule has 0 bridgehead atoms. The maximum atomic E-state index is 6.15. The summed E-state index contributed by atoms with van der Waals surface area (Å²) < 4.78 is 5.26. The van der Waals surface area contributed by atoms with E-state index >= 15 is 0 Å². The Labute approximate surface area is 137 Å². The minimum absolute atomic E-state index is 0.289. The van der Waals surface area contributed by atoms with Crippen LogP contribution in [0.1, 0.15) is 31.4 Å². The molecular weight excluding hydrogens is 307 g/mol. The Bertz CT molecular complexity index is 450. The second-order valence-corrected chi connectivity index (χ2v) is 6.44. The SMILES string of the molecule is COCCN(CC1CCCN1)C(C)c1ccc(Cl)c(Cl)c1. The Morgan fingerprint density at radius 3 is 2.81 bits per heavy atom. The number of hydrogen-bond acceptors (Lipinski definition) is 3. The fourth-order valence-corrected chi connectivity index (χ4v) is 3.14. The maximum absolute atomic E-state index is 6.15. The number of benzene rings is 1. The summed E-state index contributed by atoms with van der Waals surface area (Å²) in [4.78, 5) is 2.45. The molecule has 1 aliphatic heterocycles. The molecule has 0 aliphatic carbocycles. The first kappa shape index (κ1) is 17.0. The van der Waals surface area contributed by atoms with E-state index in [1.807, 2.05) is 12.1 Å². The van der Waals surface area contributed by atoms with Crippen molar-refractivity contribution in [2.45, 2.75) is 31.8 Å². The van der Waals surface area contributed by atoms with Crippen LogP contribution < -0.4 is 5.32 Å². The zero-order chi connectivity index (χ0) is 15.2. The van der Waals surface area contributed by atoms with Crippen LogP contribution in [0.4, 0.5) is 0 Å². The Kier molecular flexibility index (Phi) is 6.77. The predicted molar refractivity (Wildman–Crippen MR) is 89.4 cm³/mol. The first-order valence-corrected chi connectivity index (χ1v) is 8.28. The van der Waals surface area contributed by atoms with E-state index in [9.17, 15) is 0 Å². The average molecular weight is 331 g/mol. The van der Waals surface area contributed by atoms with Gasteiger partial charge in [-0.05, 0) is 44.0 Å². The van der Waals surface area contributed by atoms with Crippen LogP contribution in [0.15, 0.2) is 18.2 Å². The van der Waals surface area contributed by atoms with Gasteiger partial charge < -0.3 is 10.1 Å². The van der Waals surface area contributed by atoms with Crippen LogP contribution in [0.2, 0.25) is 10.0 Å². The van der Waals surface area contributed by atoms with E-state index in [-0.39, 0.29) is 6.04 Å². The van der Waals surface area contributed by atoms with Gasteiger partial charge in [-0.15, -0.1) is 0 Å². The zero-order valence-corrected chi connectivity index (χ0v) is 14.3. The lowest BCUT2D eigenvalue weighted by Gasteiger charge is -2.31. The molecule has 2 rings (SSSR count). The molecule has 0 saturated carbocycles. The van der Waals surface area contributed by atoms with Gasteiger partial charge in [-0.1, -0.05) is 29.3 Å². The molecule has 1 N–H and O–H groups in total. The Morgan fingerprint density at radius 1 is 1.38 bits per heavy atom. The Morgan fingerprint density at radius 2 is 2.19 bits per heavy atom. The predicted octanol–water partition coefficient (Wildman–Crippen LogP) is 3.75. The molecule has 0 radical (unpaired) electrons. The van der Waals surface area contributed by atoms with Gasteiger partial charge in [0.15, 0.2) is 0 Å². The second-order valence-electron chi connectivity index (χ2n) is 5.63. The largest absolute Gasteiger partial charge is 0.383 e. The normalized spacial score (nSPS) is 20.1. The van der Waals surface area contributed by atoms with Crippen LogP contribution in [0.5, 0.6) is 0 Å². The van der Waals surface area contributed by atoms with Crippen LogP contribution in [-0.2, 0) is 4.74 Å². The number of halogens is 2. The molecule has 21 heavy (non-hydrogen) atoms. The number of nitrogens with zero attached hydrogens (tertiary/aromatic N) is 1. The molecule has 1 saturated heterocycles. The molecule has 1 aromatic rings. The van der Waals surface area contributed by atoms with Gasteiger partial charge in [0, 0.05) is 32.3 Å². The molecule has 2 atom stereocenters. The highest BCUT2D eigenvalue weighted by Crippen LogP contribution is 2.28. The van der Waals surface area contributed by atoms with Crippen molar-refractivity contribution in [1.82, 2.24) is 10.2 Å². The number of nitrogens with one attached hydrogen (secondary N) is 1. The topological polar surface area (TPSA) is 24.5 Å². The summed E-state index contributed by atoms with van der Waals surface area (Å²) in [5.41, 5.74) is 1.19. The lowest BCUT2D eigenvalue weighted by molar-refractivity contribution is 0.118. The van der Waals surface area contributed by atoms with Crippen molar-refractivity contribution in [3.05, 3.63) is 33.8 Å². The third-order valence-corrected chi connectivity index (χ3v) is 4.91. The van der Waals surface area contributed by atoms with Gasteiger partial charge in [-0.3, -0.25) is 4.90 Å². The molecule has 3 nitrogen and oxygen atoms in total. The third-order valence-electron chi connectivity index (χ3n) is 4.17. The van der Waals surface area contributed by atoms with Crippen LogP contribution in [0, 0.1) is 0 Å². The minimum atomic E-state index is 0.289. The Balaban J connectivity index is 2.07. The molecular formula is C16H24Cl2N2O. The van der Waals surface area contributed by atoms with Crippen LogP contribution in [-0.4, -0.2) is 44.3 Å². The standard InChI is InChI=1S/C16H24Cl2N2O/c1-12(13-5-6-15(17)16(18)10-13)20(8-9-21-2)11-14-4-3-7-19-14/h5-6,10,12,14,19H,3-4,7-9,11H2,1-2H3. The Hall–Kier alpha value is -0.320. The van der Waals surface area contributed by atoms with Gasteiger partial charge in [0.1, 0.15) is 0 Å². The highest BCUT2D eigenvalue weighted by molar-refractivity contribution is 6.42. The monoisotopic (exact) mass is 330 g/mol. The molecule has 2 unspecified atom stereocenters. The molecule has 1 aromatic carbocycles. The van der Waals surface area contributed by atoms with Crippen LogP contribution >= 0.6 is 23.2 Å². The summed E-state index contributed by atoms with van der Waals surface area (Å²) in [7, 11) is 1.75. The summed E-state index contributed by atoms with van der Waals surface area (Å²) in [5, 5.41) is 4.78. The molecule has 118 valence electrons. The van der Waals surface area contributed by atoms with Gasteiger partial charge in [0.05, 0.1) is 16.7 Å². The van der Waals surface area contributed by atoms with Gasteiger partial charge >= 0.3 is 0 Å². The van der Waals surface area contributed by atoms with Crippen molar-refractivity contribution < 1.29 is 4.74 Å². The first-order valence-electron chi connectivity index (χ1n) is 7.53. The highest BCUT2D eigenvalue weighted by Gasteiger charge is 2.22. The second kappa shape index (κ2) is 8.35. The van der Waals surface area contributed by atoms with Crippen LogP contribution in [0.3, 0.4) is 0 Å². The zero-order valence-electron chi connectivity index (χ0n) is 12.7. The number of ether oxygens (including phenoxy) is 1. The van der Waals surface area contributed by atoms with Crippen molar-refractivity contribution in [2.75, 3.05) is 33.4 Å². The van der Waals surface area contributed by atoms with Gasteiger partial charge in [-0.25, -0.2) is 0 Å². The lowest BCUT2D eigenvalue weighted by Crippen LogP contribution is -2.40. The maximum Gasteiger partial charge on any atom is 0.0595 e. The molecule has 1 fully saturated rings. The fourth-order valence-electron chi connectivity index (χ4n) is 2.83. The summed E-state index contributed by atoms with van der Waals surface area (Å²) in [6, 6.07) is 6.76. The molecule has 5 heteroatoms. The number of rotatable bonds is 7. The first-order chi connectivity index (χ1) is 10.1. The molecule has 0 amide bonds. The average Bonchev–Trinajstić information content (AvgIpc) is 2.98. The minimum Gasteiger partial charge on any atom is -0.383 e. The summed E-state index contributed by atoms with van der Waals surface area (Å²) in [5.74, 6) is 0. The van der Waals surface area contributed by atoms with E-state index < -0.39 is 0 Å². The van der Waals surface area contributed by atoms with E-state index in [4.69, 9.17) is 27.9 Å². The van der Waals surface area contributed by atoms with Crippen LogP contribution in [0.25, 0.3) is 0 Å². The van der Waals surface area contributed by atoms with Crippen molar-refractivity contribution in [3.63, 3.8) is 0 Å². The van der Waals surface area contributed by atoms with Gasteiger partial charge in [0.2, 0.25) is 0 Å². The van der Waals surface area contributed by atoms with E-state index in [1.54, 1.807) is 7.11 Å². The van der Waals surface area contributed by atoms with E-state index in [2.05, 4.69) is 23.2 Å². The number of hydrogen-bond donors (Lipinski definition) is 1. The van der Waals surface area contributed by atoms with Crippen molar-refractivity contribution in [3.8, 4) is 0 Å². The molecule has 1 heterocycles. The number of methoxy groups -OCH3 is 1. The molecule has 1 aliphatic rings. The fraction of sp³-hybridized carbons (Fsp3) is 0.625. The summed E-state index contributed by atoms with van der Waals surface area (Å²) in [6.45, 7) is 6.02. The van der Waals surface area contributed by atoms with Crippen molar-refractivity contribution >= 4 is 23.2 Å². The quantitative estimate of drug-likeness (QED) is 0.823. The van der Waals surface area contributed by atoms with Crippen molar-refractivity contribution in [1.29, 1.82) is 0 Å². The molecule has 0 spiro atoms. The summed E-state index contributed by atoms with van der Waals surface area (Å²) in [6.07, 6.45) is 2.52. The van der Waals surface area contributed by atoms with E-state index in [1.165, 1.54) is 18.4 Å².